The summed E-state index contributed by atoms with van der Waals surface area (Å²) in [7, 11) is 0. The molecule has 2 unspecified atom stereocenters. The molecule has 16 heavy (non-hydrogen) atoms. The normalized spacial score (nSPS) is 22.2. The molecule has 0 amide bonds. The Labute approximate surface area is 99.2 Å². The monoisotopic (exact) mass is 241 g/mol. The Morgan fingerprint density at radius 1 is 1.50 bits per heavy atom. The molecule has 1 saturated heterocycles. The molecular weight excluding hydrogens is 225 g/mol. The van der Waals surface area contributed by atoms with E-state index in [9.17, 15) is 9.50 Å². The van der Waals surface area contributed by atoms with Crippen molar-refractivity contribution >= 4 is 11.8 Å². The van der Waals surface area contributed by atoms with Crippen LogP contribution in [-0.4, -0.2) is 29.3 Å². The highest BCUT2D eigenvalue weighted by atomic mass is 32.2. The maximum Gasteiger partial charge on any atom is 0.128 e. The topological polar surface area (TPSA) is 32.3 Å². The van der Waals surface area contributed by atoms with E-state index in [0.717, 1.165) is 17.9 Å². The number of aliphatic hydroxyl groups excluding tert-OH is 1. The van der Waals surface area contributed by atoms with Crippen LogP contribution in [0.15, 0.2) is 24.3 Å². The first kappa shape index (κ1) is 11.9. The summed E-state index contributed by atoms with van der Waals surface area (Å²) in [6.45, 7) is -0.0674. The van der Waals surface area contributed by atoms with Gasteiger partial charge in [0.25, 0.3) is 0 Å². The third-order valence-electron chi connectivity index (χ3n) is 2.83. The lowest BCUT2D eigenvalue weighted by atomic mass is 10.1. The Balaban J connectivity index is 2.06. The van der Waals surface area contributed by atoms with Gasteiger partial charge in [-0.2, -0.15) is 11.8 Å². The van der Waals surface area contributed by atoms with E-state index in [1.807, 2.05) is 11.8 Å². The van der Waals surface area contributed by atoms with Gasteiger partial charge >= 0.3 is 0 Å². The van der Waals surface area contributed by atoms with Crippen LogP contribution < -0.4 is 5.32 Å². The van der Waals surface area contributed by atoms with Crippen LogP contribution in [0.5, 0.6) is 0 Å². The van der Waals surface area contributed by atoms with E-state index in [1.165, 1.54) is 6.07 Å². The summed E-state index contributed by atoms with van der Waals surface area (Å²) < 4.78 is 13.5. The number of hydrogen-bond acceptors (Lipinski definition) is 3. The zero-order chi connectivity index (χ0) is 11.4. The molecule has 88 valence electrons. The Hall–Kier alpha value is -0.580. The Kier molecular flexibility index (Phi) is 4.21. The molecule has 0 radical (unpaired) electrons. The summed E-state index contributed by atoms with van der Waals surface area (Å²) in [6, 6.07) is 6.73. The maximum atomic E-state index is 13.5. The zero-order valence-electron chi connectivity index (χ0n) is 9.03. The van der Waals surface area contributed by atoms with Crippen molar-refractivity contribution in [1.82, 2.24) is 5.32 Å². The van der Waals surface area contributed by atoms with Gasteiger partial charge in [-0.25, -0.2) is 4.39 Å². The predicted molar refractivity (Wildman–Crippen MR) is 65.1 cm³/mol. The average Bonchev–Trinajstić information content (AvgIpc) is 2.80. The van der Waals surface area contributed by atoms with Crippen molar-refractivity contribution in [3.05, 3.63) is 35.6 Å². The first-order valence-corrected chi connectivity index (χ1v) is 6.66. The minimum Gasteiger partial charge on any atom is -0.394 e. The number of hydrogen-bond donors (Lipinski definition) is 2. The molecule has 0 bridgehead atoms. The summed E-state index contributed by atoms with van der Waals surface area (Å²) in [5.74, 6) is 1.94. The summed E-state index contributed by atoms with van der Waals surface area (Å²) >= 11 is 1.90. The molecule has 0 aromatic heterocycles. The highest BCUT2D eigenvalue weighted by molar-refractivity contribution is 7.99. The van der Waals surface area contributed by atoms with E-state index in [-0.39, 0.29) is 18.5 Å². The van der Waals surface area contributed by atoms with Crippen molar-refractivity contribution in [1.29, 1.82) is 0 Å². The van der Waals surface area contributed by atoms with Crippen molar-refractivity contribution < 1.29 is 9.50 Å². The molecule has 1 aromatic rings. The molecular formula is C12H16FNOS. The van der Waals surface area contributed by atoms with Crippen LogP contribution in [0.1, 0.15) is 18.0 Å². The van der Waals surface area contributed by atoms with E-state index < -0.39 is 0 Å². The fraction of sp³-hybridized carbons (Fsp3) is 0.500. The molecule has 1 aliphatic rings. The SMILES string of the molecule is OCC(NC1CCSC1)c1ccccc1F. The second kappa shape index (κ2) is 5.66. The second-order valence-electron chi connectivity index (χ2n) is 3.98. The van der Waals surface area contributed by atoms with E-state index in [0.29, 0.717) is 11.6 Å². The van der Waals surface area contributed by atoms with E-state index in [4.69, 9.17) is 0 Å². The predicted octanol–water partition coefficient (Wildman–Crippen LogP) is 1.95. The smallest absolute Gasteiger partial charge is 0.128 e. The summed E-state index contributed by atoms with van der Waals surface area (Å²) in [5, 5.41) is 12.6. The molecule has 0 saturated carbocycles. The Morgan fingerprint density at radius 3 is 2.94 bits per heavy atom. The Morgan fingerprint density at radius 2 is 2.31 bits per heavy atom. The fourth-order valence-corrected chi connectivity index (χ4v) is 3.11. The minimum atomic E-state index is -0.287. The lowest BCUT2D eigenvalue weighted by molar-refractivity contribution is 0.232. The molecule has 4 heteroatoms. The first-order chi connectivity index (χ1) is 7.81. The quantitative estimate of drug-likeness (QED) is 0.845. The van der Waals surface area contributed by atoms with Crippen molar-refractivity contribution in [3.8, 4) is 0 Å². The number of aliphatic hydroxyl groups is 1. The van der Waals surface area contributed by atoms with Gasteiger partial charge in [0, 0.05) is 17.4 Å². The number of benzene rings is 1. The Bertz CT molecular complexity index is 342. The minimum absolute atomic E-state index is 0.0674. The standard InChI is InChI=1S/C12H16FNOS/c13-11-4-2-1-3-10(11)12(7-15)14-9-5-6-16-8-9/h1-4,9,12,14-15H,5-8H2. The van der Waals surface area contributed by atoms with E-state index >= 15 is 0 Å². The van der Waals surface area contributed by atoms with E-state index in [1.54, 1.807) is 18.2 Å². The van der Waals surface area contributed by atoms with Gasteiger partial charge in [-0.05, 0) is 18.2 Å². The summed E-state index contributed by atoms with van der Waals surface area (Å²) in [5.41, 5.74) is 0.557. The second-order valence-corrected chi connectivity index (χ2v) is 5.13. The van der Waals surface area contributed by atoms with Gasteiger partial charge < -0.3 is 10.4 Å². The van der Waals surface area contributed by atoms with E-state index in [2.05, 4.69) is 5.32 Å². The van der Waals surface area contributed by atoms with Crippen LogP contribution in [0.3, 0.4) is 0 Å². The van der Waals surface area contributed by atoms with Crippen molar-refractivity contribution in [3.63, 3.8) is 0 Å². The van der Waals surface area contributed by atoms with Gasteiger partial charge in [-0.15, -0.1) is 0 Å². The van der Waals surface area contributed by atoms with Crippen LogP contribution in [0.25, 0.3) is 0 Å². The van der Waals surface area contributed by atoms with Gasteiger partial charge in [-0.1, -0.05) is 18.2 Å². The lowest BCUT2D eigenvalue weighted by Gasteiger charge is -2.21. The molecule has 0 spiro atoms. The number of halogens is 1. The number of nitrogens with one attached hydrogen (secondary N) is 1. The highest BCUT2D eigenvalue weighted by Crippen LogP contribution is 2.22. The molecule has 2 N–H and O–H groups in total. The van der Waals surface area contributed by atoms with Crippen LogP contribution in [0.2, 0.25) is 0 Å². The molecule has 1 aliphatic heterocycles. The molecule has 0 aliphatic carbocycles. The molecule has 2 nitrogen and oxygen atoms in total. The van der Waals surface area contributed by atoms with Gasteiger partial charge in [0.15, 0.2) is 0 Å². The molecule has 1 aromatic carbocycles. The first-order valence-electron chi connectivity index (χ1n) is 5.50. The van der Waals surface area contributed by atoms with Crippen LogP contribution in [0, 0.1) is 5.82 Å². The fourth-order valence-electron chi connectivity index (χ4n) is 1.95. The van der Waals surface area contributed by atoms with Gasteiger partial charge in [-0.3, -0.25) is 0 Å². The van der Waals surface area contributed by atoms with Crippen LogP contribution in [0.4, 0.5) is 4.39 Å². The average molecular weight is 241 g/mol. The van der Waals surface area contributed by atoms with Crippen LogP contribution in [-0.2, 0) is 0 Å². The third-order valence-corrected chi connectivity index (χ3v) is 3.99. The van der Waals surface area contributed by atoms with Gasteiger partial charge in [0.05, 0.1) is 12.6 Å². The van der Waals surface area contributed by atoms with Gasteiger partial charge in [0.2, 0.25) is 0 Å². The zero-order valence-corrected chi connectivity index (χ0v) is 9.84. The van der Waals surface area contributed by atoms with Crippen molar-refractivity contribution in [2.75, 3.05) is 18.1 Å². The number of rotatable bonds is 4. The summed E-state index contributed by atoms with van der Waals surface area (Å²) in [6.07, 6.45) is 1.09. The molecule has 1 fully saturated rings. The van der Waals surface area contributed by atoms with Crippen molar-refractivity contribution in [2.24, 2.45) is 0 Å². The lowest BCUT2D eigenvalue weighted by Crippen LogP contribution is -2.35. The van der Waals surface area contributed by atoms with Crippen LogP contribution >= 0.6 is 11.8 Å². The summed E-state index contributed by atoms with van der Waals surface area (Å²) in [4.78, 5) is 0. The van der Waals surface area contributed by atoms with Crippen molar-refractivity contribution in [2.45, 2.75) is 18.5 Å². The highest BCUT2D eigenvalue weighted by Gasteiger charge is 2.21. The molecule has 2 rings (SSSR count). The largest absolute Gasteiger partial charge is 0.394 e. The molecule has 1 heterocycles. The maximum absolute atomic E-state index is 13.5. The van der Waals surface area contributed by atoms with Gasteiger partial charge in [0.1, 0.15) is 5.82 Å². The third kappa shape index (κ3) is 2.75. The number of thioether (sulfide) groups is 1. The molecule has 2 atom stereocenters.